The normalized spacial score (nSPS) is 18.2. The first kappa shape index (κ1) is 16.5. The molecule has 0 aromatic carbocycles. The van der Waals surface area contributed by atoms with E-state index in [1.807, 2.05) is 18.5 Å². The van der Waals surface area contributed by atoms with Gasteiger partial charge in [0.2, 0.25) is 0 Å². The lowest BCUT2D eigenvalue weighted by Crippen LogP contribution is -2.33. The average molecular weight is 297 g/mol. The van der Waals surface area contributed by atoms with Crippen LogP contribution in [-0.4, -0.2) is 36.2 Å². The number of nitrogens with zero attached hydrogens (tertiary/aromatic N) is 3. The Morgan fingerprint density at radius 1 is 1.27 bits per heavy atom. The van der Waals surface area contributed by atoms with Crippen LogP contribution in [0.1, 0.15) is 43.7 Å². The predicted molar refractivity (Wildman–Crippen MR) is 85.8 cm³/mol. The molecule has 116 valence electrons. The highest BCUT2D eigenvalue weighted by Gasteiger charge is 2.22. The zero-order chi connectivity index (χ0) is 15.5. The van der Waals surface area contributed by atoms with E-state index < -0.39 is 0 Å². The van der Waals surface area contributed by atoms with Gasteiger partial charge in [-0.2, -0.15) is 5.26 Å². The number of piperidine rings is 1. The van der Waals surface area contributed by atoms with Crippen molar-refractivity contribution >= 4 is 0 Å². The first-order valence-electron chi connectivity index (χ1n) is 7.96. The molecule has 0 N–H and O–H groups in total. The number of likely N-dealkylation sites (tertiary alicyclic amines) is 1. The molecule has 4 heteroatoms. The Bertz CT molecular complexity index is 527. The lowest BCUT2D eigenvalue weighted by molar-refractivity contribution is 0.145. The lowest BCUT2D eigenvalue weighted by atomic mass is 9.96. The van der Waals surface area contributed by atoms with Crippen LogP contribution in [0.15, 0.2) is 24.5 Å². The van der Waals surface area contributed by atoms with Crippen LogP contribution >= 0.6 is 0 Å². The average Bonchev–Trinajstić information content (AvgIpc) is 2.58. The Hall–Kier alpha value is -1.88. The topological polar surface area (TPSA) is 49.1 Å². The molecule has 1 fully saturated rings. The summed E-state index contributed by atoms with van der Waals surface area (Å²) in [4.78, 5) is 6.69. The SMILES string of the molecule is N#CCCOCCC#CCN1CCCCC1c1cccnc1. The third-order valence-corrected chi connectivity index (χ3v) is 3.82. The second-order valence-corrected chi connectivity index (χ2v) is 5.39. The standard InChI is InChI=1S/C18H23N3O/c19-10-7-15-22-14-5-1-3-12-21-13-4-2-9-18(21)17-8-6-11-20-16-17/h6,8,11,16,18H,2,4-5,7,9,12-15H2. The number of ether oxygens (including phenoxy) is 1. The summed E-state index contributed by atoms with van der Waals surface area (Å²) in [6.07, 6.45) is 8.68. The van der Waals surface area contributed by atoms with E-state index >= 15 is 0 Å². The molecule has 1 aliphatic heterocycles. The fourth-order valence-corrected chi connectivity index (χ4v) is 2.72. The first-order valence-corrected chi connectivity index (χ1v) is 7.96. The van der Waals surface area contributed by atoms with Crippen LogP contribution in [0, 0.1) is 23.2 Å². The zero-order valence-corrected chi connectivity index (χ0v) is 13.0. The molecule has 0 amide bonds. The van der Waals surface area contributed by atoms with Crippen LogP contribution < -0.4 is 0 Å². The largest absolute Gasteiger partial charge is 0.379 e. The Morgan fingerprint density at radius 2 is 2.18 bits per heavy atom. The molecule has 1 aromatic rings. The van der Waals surface area contributed by atoms with Gasteiger partial charge in [-0.1, -0.05) is 24.3 Å². The van der Waals surface area contributed by atoms with Gasteiger partial charge < -0.3 is 4.74 Å². The third-order valence-electron chi connectivity index (χ3n) is 3.82. The minimum atomic E-state index is 0.448. The number of hydrogen-bond acceptors (Lipinski definition) is 4. The number of nitriles is 1. The summed E-state index contributed by atoms with van der Waals surface area (Å²) in [6.45, 7) is 3.03. The number of pyridine rings is 1. The van der Waals surface area contributed by atoms with Gasteiger partial charge in [-0.3, -0.25) is 9.88 Å². The smallest absolute Gasteiger partial charge is 0.0645 e. The van der Waals surface area contributed by atoms with E-state index in [0.29, 0.717) is 25.7 Å². The molecule has 1 atom stereocenters. The molecule has 2 heterocycles. The molecule has 1 aromatic heterocycles. The van der Waals surface area contributed by atoms with Gasteiger partial charge in [0.05, 0.1) is 32.2 Å². The summed E-state index contributed by atoms with van der Waals surface area (Å²) in [7, 11) is 0. The van der Waals surface area contributed by atoms with Crippen molar-refractivity contribution in [1.82, 2.24) is 9.88 Å². The summed E-state index contributed by atoms with van der Waals surface area (Å²) in [5, 5.41) is 8.40. The second-order valence-electron chi connectivity index (χ2n) is 5.39. The maximum Gasteiger partial charge on any atom is 0.0645 e. The van der Waals surface area contributed by atoms with Crippen molar-refractivity contribution < 1.29 is 4.74 Å². The van der Waals surface area contributed by atoms with Gasteiger partial charge in [-0.05, 0) is 31.0 Å². The molecule has 0 saturated carbocycles. The van der Waals surface area contributed by atoms with Gasteiger partial charge in [0.1, 0.15) is 0 Å². The van der Waals surface area contributed by atoms with Crippen molar-refractivity contribution in [2.24, 2.45) is 0 Å². The molecular weight excluding hydrogens is 274 g/mol. The Kier molecular flexibility index (Phi) is 7.46. The zero-order valence-electron chi connectivity index (χ0n) is 13.0. The number of rotatable bonds is 6. The number of aromatic nitrogens is 1. The maximum absolute atomic E-state index is 8.40. The highest BCUT2D eigenvalue weighted by atomic mass is 16.5. The van der Waals surface area contributed by atoms with Crippen LogP contribution in [0.2, 0.25) is 0 Å². The van der Waals surface area contributed by atoms with E-state index in [1.165, 1.54) is 24.8 Å². The van der Waals surface area contributed by atoms with Gasteiger partial charge >= 0.3 is 0 Å². The van der Waals surface area contributed by atoms with E-state index in [1.54, 1.807) is 0 Å². The van der Waals surface area contributed by atoms with Crippen LogP contribution in [0.3, 0.4) is 0 Å². The van der Waals surface area contributed by atoms with Gasteiger partial charge in [-0.25, -0.2) is 0 Å². The molecule has 1 saturated heterocycles. The molecule has 0 spiro atoms. The van der Waals surface area contributed by atoms with Gasteiger partial charge in [0, 0.05) is 24.9 Å². The van der Waals surface area contributed by atoms with E-state index in [0.717, 1.165) is 19.5 Å². The molecule has 2 rings (SSSR count). The molecule has 1 unspecified atom stereocenters. The molecule has 1 aliphatic rings. The number of hydrogen-bond donors (Lipinski definition) is 0. The predicted octanol–water partition coefficient (Wildman–Crippen LogP) is 2.93. The summed E-state index contributed by atoms with van der Waals surface area (Å²) in [5.41, 5.74) is 1.30. The Morgan fingerprint density at radius 3 is 3.00 bits per heavy atom. The van der Waals surface area contributed by atoms with Crippen LogP contribution in [0.4, 0.5) is 0 Å². The van der Waals surface area contributed by atoms with Crippen LogP contribution in [-0.2, 0) is 4.74 Å². The van der Waals surface area contributed by atoms with Gasteiger partial charge in [0.15, 0.2) is 0 Å². The van der Waals surface area contributed by atoms with Crippen molar-refractivity contribution in [1.29, 1.82) is 5.26 Å². The van der Waals surface area contributed by atoms with E-state index in [-0.39, 0.29) is 0 Å². The minimum Gasteiger partial charge on any atom is -0.379 e. The van der Waals surface area contributed by atoms with Crippen molar-refractivity contribution in [2.45, 2.75) is 38.1 Å². The first-order chi connectivity index (χ1) is 10.9. The van der Waals surface area contributed by atoms with Gasteiger partial charge in [0.25, 0.3) is 0 Å². The highest BCUT2D eigenvalue weighted by Crippen LogP contribution is 2.29. The molecule has 0 bridgehead atoms. The summed E-state index contributed by atoms with van der Waals surface area (Å²) in [6, 6.07) is 6.67. The van der Waals surface area contributed by atoms with Crippen molar-refractivity contribution in [3.05, 3.63) is 30.1 Å². The molecule has 22 heavy (non-hydrogen) atoms. The van der Waals surface area contributed by atoms with E-state index in [4.69, 9.17) is 10.00 Å². The van der Waals surface area contributed by atoms with Crippen molar-refractivity contribution in [3.63, 3.8) is 0 Å². The van der Waals surface area contributed by atoms with Gasteiger partial charge in [-0.15, -0.1) is 0 Å². The second kappa shape index (κ2) is 9.95. The third kappa shape index (κ3) is 5.48. The van der Waals surface area contributed by atoms with Crippen molar-refractivity contribution in [3.8, 4) is 17.9 Å². The fraction of sp³-hybridized carbons (Fsp3) is 0.556. The van der Waals surface area contributed by atoms with E-state index in [9.17, 15) is 0 Å². The molecule has 4 nitrogen and oxygen atoms in total. The Labute approximate surface area is 133 Å². The van der Waals surface area contributed by atoms with Crippen molar-refractivity contribution in [2.75, 3.05) is 26.3 Å². The summed E-state index contributed by atoms with van der Waals surface area (Å²) < 4.78 is 5.31. The highest BCUT2D eigenvalue weighted by molar-refractivity contribution is 5.16. The Balaban J connectivity index is 1.77. The van der Waals surface area contributed by atoms with Crippen LogP contribution in [0.25, 0.3) is 0 Å². The summed E-state index contributed by atoms with van der Waals surface area (Å²) >= 11 is 0. The lowest BCUT2D eigenvalue weighted by Gasteiger charge is -2.34. The monoisotopic (exact) mass is 297 g/mol. The molecule has 0 radical (unpaired) electrons. The quantitative estimate of drug-likeness (QED) is 0.598. The van der Waals surface area contributed by atoms with Crippen LogP contribution in [0.5, 0.6) is 0 Å². The molecule has 0 aliphatic carbocycles. The summed E-state index contributed by atoms with van der Waals surface area (Å²) in [5.74, 6) is 6.42. The minimum absolute atomic E-state index is 0.448. The maximum atomic E-state index is 8.40. The fourth-order valence-electron chi connectivity index (χ4n) is 2.72. The van der Waals surface area contributed by atoms with E-state index in [2.05, 4.69) is 33.9 Å². The molecular formula is C18H23N3O.